The molecular formula is C34H20OS. The highest BCUT2D eigenvalue weighted by molar-refractivity contribution is 7.26. The summed E-state index contributed by atoms with van der Waals surface area (Å²) in [5, 5.41) is 8.86. The van der Waals surface area contributed by atoms with Crippen LogP contribution in [0.1, 0.15) is 0 Å². The van der Waals surface area contributed by atoms with E-state index in [1.165, 1.54) is 69.4 Å². The minimum Gasteiger partial charge on any atom is -0.464 e. The molecule has 0 saturated carbocycles. The number of hydrogen-bond acceptors (Lipinski definition) is 2. The lowest BCUT2D eigenvalue weighted by molar-refractivity contribution is 0.616. The third kappa shape index (κ3) is 2.71. The SMILES string of the molecule is c1ccc(-c2c3ccccc3c(-c3cc4occc4c4sc5ccccc5c34)c3ccccc23)cc1. The molecule has 0 amide bonds. The standard InChI is InChI=1S/C34H20OS/c1-2-10-21(11-3-1)31-22-12-4-6-14-24(22)32(25-15-7-5-13-23(25)31)28-20-29-26(18-19-35-29)34-33(28)27-16-8-9-17-30(27)36-34/h1-20H. The Balaban J connectivity index is 1.64. The van der Waals surface area contributed by atoms with E-state index in [0.29, 0.717) is 0 Å². The molecule has 6 aromatic carbocycles. The van der Waals surface area contributed by atoms with Gasteiger partial charge in [0, 0.05) is 25.6 Å². The highest BCUT2D eigenvalue weighted by Crippen LogP contribution is 2.49. The molecule has 168 valence electrons. The second kappa shape index (κ2) is 7.55. The van der Waals surface area contributed by atoms with Crippen molar-refractivity contribution in [2.45, 2.75) is 0 Å². The van der Waals surface area contributed by atoms with E-state index < -0.39 is 0 Å². The summed E-state index contributed by atoms with van der Waals surface area (Å²) in [5.41, 5.74) is 5.97. The minimum atomic E-state index is 0.935. The van der Waals surface area contributed by atoms with Crippen molar-refractivity contribution in [2.24, 2.45) is 0 Å². The summed E-state index contributed by atoms with van der Waals surface area (Å²) >= 11 is 1.86. The van der Waals surface area contributed by atoms with Gasteiger partial charge in [-0.25, -0.2) is 0 Å². The van der Waals surface area contributed by atoms with Crippen LogP contribution in [0.5, 0.6) is 0 Å². The summed E-state index contributed by atoms with van der Waals surface area (Å²) in [4.78, 5) is 0. The van der Waals surface area contributed by atoms with Gasteiger partial charge in [-0.3, -0.25) is 0 Å². The number of fused-ring (bicyclic) bond motifs is 7. The number of thiophene rings is 1. The maximum atomic E-state index is 6.01. The number of hydrogen-bond donors (Lipinski definition) is 0. The first-order valence-corrected chi connectivity index (χ1v) is 13.0. The van der Waals surface area contributed by atoms with Crippen LogP contribution < -0.4 is 0 Å². The van der Waals surface area contributed by atoms with Gasteiger partial charge in [-0.15, -0.1) is 11.3 Å². The third-order valence-corrected chi connectivity index (χ3v) is 8.55. The molecule has 1 nitrogen and oxygen atoms in total. The van der Waals surface area contributed by atoms with E-state index in [-0.39, 0.29) is 0 Å². The molecule has 2 heterocycles. The van der Waals surface area contributed by atoms with E-state index in [1.54, 1.807) is 0 Å². The molecule has 0 aliphatic rings. The lowest BCUT2D eigenvalue weighted by atomic mass is 9.85. The Morgan fingerprint density at radius 2 is 1.08 bits per heavy atom. The predicted molar refractivity (Wildman–Crippen MR) is 155 cm³/mol. The monoisotopic (exact) mass is 476 g/mol. The molecule has 0 N–H and O–H groups in total. The van der Waals surface area contributed by atoms with Crippen LogP contribution in [0.4, 0.5) is 0 Å². The predicted octanol–water partition coefficient (Wildman–Crippen LogP) is 10.4. The second-order valence-electron chi connectivity index (χ2n) is 9.27. The lowest BCUT2D eigenvalue weighted by Crippen LogP contribution is -1.91. The van der Waals surface area contributed by atoms with Crippen LogP contribution in [-0.4, -0.2) is 0 Å². The highest BCUT2D eigenvalue weighted by Gasteiger charge is 2.21. The van der Waals surface area contributed by atoms with E-state index in [0.717, 1.165) is 5.58 Å². The van der Waals surface area contributed by atoms with Crippen molar-refractivity contribution in [1.29, 1.82) is 0 Å². The molecule has 36 heavy (non-hydrogen) atoms. The van der Waals surface area contributed by atoms with Crippen molar-refractivity contribution in [2.75, 3.05) is 0 Å². The number of rotatable bonds is 2. The number of furan rings is 1. The molecule has 8 aromatic rings. The van der Waals surface area contributed by atoms with Crippen LogP contribution in [0.3, 0.4) is 0 Å². The van der Waals surface area contributed by atoms with Crippen molar-refractivity contribution in [3.8, 4) is 22.3 Å². The molecule has 0 saturated heterocycles. The van der Waals surface area contributed by atoms with E-state index in [9.17, 15) is 0 Å². The van der Waals surface area contributed by atoms with E-state index in [4.69, 9.17) is 4.42 Å². The van der Waals surface area contributed by atoms with Crippen LogP contribution in [-0.2, 0) is 0 Å². The van der Waals surface area contributed by atoms with Gasteiger partial charge in [0.05, 0.1) is 6.26 Å². The summed E-state index contributed by atoms with van der Waals surface area (Å²) in [6.45, 7) is 0. The largest absolute Gasteiger partial charge is 0.464 e. The van der Waals surface area contributed by atoms with Crippen molar-refractivity contribution >= 4 is 64.0 Å². The van der Waals surface area contributed by atoms with Gasteiger partial charge in [0.1, 0.15) is 5.58 Å². The summed E-state index contributed by atoms with van der Waals surface area (Å²) in [6.07, 6.45) is 1.81. The Hall–Kier alpha value is -4.40. The van der Waals surface area contributed by atoms with Gasteiger partial charge in [-0.1, -0.05) is 97.1 Å². The maximum Gasteiger partial charge on any atom is 0.135 e. The van der Waals surface area contributed by atoms with E-state index >= 15 is 0 Å². The highest BCUT2D eigenvalue weighted by atomic mass is 32.1. The smallest absolute Gasteiger partial charge is 0.135 e. The second-order valence-corrected chi connectivity index (χ2v) is 10.3. The first-order valence-electron chi connectivity index (χ1n) is 12.2. The van der Waals surface area contributed by atoms with Crippen molar-refractivity contribution < 1.29 is 4.42 Å². The van der Waals surface area contributed by atoms with Crippen LogP contribution in [0, 0.1) is 0 Å². The molecule has 0 spiro atoms. The lowest BCUT2D eigenvalue weighted by Gasteiger charge is -2.18. The molecule has 2 aromatic heterocycles. The Morgan fingerprint density at radius 3 is 1.78 bits per heavy atom. The minimum absolute atomic E-state index is 0.935. The molecule has 0 atom stereocenters. The fourth-order valence-corrected chi connectivity index (χ4v) is 7.10. The van der Waals surface area contributed by atoms with Gasteiger partial charge in [-0.05, 0) is 62.0 Å². The third-order valence-electron chi connectivity index (χ3n) is 7.34. The van der Waals surface area contributed by atoms with Gasteiger partial charge in [-0.2, -0.15) is 0 Å². The molecular weight excluding hydrogens is 456 g/mol. The molecule has 8 rings (SSSR count). The Morgan fingerprint density at radius 1 is 0.500 bits per heavy atom. The number of benzene rings is 6. The summed E-state index contributed by atoms with van der Waals surface area (Å²) in [5.74, 6) is 0. The molecule has 0 aliphatic carbocycles. The Labute approximate surface area is 211 Å². The van der Waals surface area contributed by atoms with Gasteiger partial charge >= 0.3 is 0 Å². The summed E-state index contributed by atoms with van der Waals surface area (Å²) in [6, 6.07) is 41.6. The van der Waals surface area contributed by atoms with Crippen LogP contribution in [0.25, 0.3) is 74.9 Å². The molecule has 0 radical (unpaired) electrons. The average Bonchev–Trinajstić information content (AvgIpc) is 3.56. The molecule has 0 aliphatic heterocycles. The topological polar surface area (TPSA) is 13.1 Å². The van der Waals surface area contributed by atoms with Gasteiger partial charge < -0.3 is 4.42 Å². The first-order chi connectivity index (χ1) is 17.9. The zero-order chi connectivity index (χ0) is 23.6. The van der Waals surface area contributed by atoms with Crippen molar-refractivity contribution in [3.63, 3.8) is 0 Å². The molecule has 0 fully saturated rings. The van der Waals surface area contributed by atoms with Crippen LogP contribution >= 0.6 is 11.3 Å². The Bertz CT molecular complexity index is 2040. The van der Waals surface area contributed by atoms with E-state index in [2.05, 4.69) is 115 Å². The quantitative estimate of drug-likeness (QED) is 0.226. The van der Waals surface area contributed by atoms with Gasteiger partial charge in [0.25, 0.3) is 0 Å². The summed E-state index contributed by atoms with van der Waals surface area (Å²) < 4.78 is 8.60. The van der Waals surface area contributed by atoms with Crippen LogP contribution in [0.2, 0.25) is 0 Å². The van der Waals surface area contributed by atoms with Crippen molar-refractivity contribution in [1.82, 2.24) is 0 Å². The van der Waals surface area contributed by atoms with Gasteiger partial charge in [0.2, 0.25) is 0 Å². The Kier molecular flexibility index (Phi) is 4.16. The van der Waals surface area contributed by atoms with Gasteiger partial charge in [0.15, 0.2) is 0 Å². The average molecular weight is 477 g/mol. The fraction of sp³-hybridized carbons (Fsp3) is 0. The normalized spacial score (nSPS) is 11.9. The van der Waals surface area contributed by atoms with Crippen LogP contribution in [0.15, 0.2) is 126 Å². The molecule has 0 unspecified atom stereocenters. The van der Waals surface area contributed by atoms with Crippen molar-refractivity contribution in [3.05, 3.63) is 122 Å². The maximum absolute atomic E-state index is 6.01. The van der Waals surface area contributed by atoms with E-state index in [1.807, 2.05) is 17.6 Å². The first kappa shape index (κ1) is 19.9. The fourth-order valence-electron chi connectivity index (χ4n) is 5.86. The summed E-state index contributed by atoms with van der Waals surface area (Å²) in [7, 11) is 0. The zero-order valence-electron chi connectivity index (χ0n) is 19.4. The molecule has 2 heteroatoms. The molecule has 0 bridgehead atoms. The zero-order valence-corrected chi connectivity index (χ0v) is 20.2.